The lowest BCUT2D eigenvalue weighted by molar-refractivity contribution is -0.384. The first kappa shape index (κ1) is 15.5. The first-order valence-electron chi connectivity index (χ1n) is 7.34. The highest BCUT2D eigenvalue weighted by Crippen LogP contribution is 2.23. The summed E-state index contributed by atoms with van der Waals surface area (Å²) < 4.78 is 11.1. The molecule has 116 valence electrons. The molecule has 7 heteroatoms. The molecule has 1 atom stereocenters. The van der Waals surface area contributed by atoms with E-state index in [-0.39, 0.29) is 17.7 Å². The normalized spacial score (nSPS) is 18.2. The number of hydrogen-bond acceptors (Lipinski definition) is 6. The monoisotopic (exact) mass is 295 g/mol. The minimum atomic E-state index is -0.442. The molecule has 1 aliphatic heterocycles. The Morgan fingerprint density at radius 2 is 2.38 bits per heavy atom. The van der Waals surface area contributed by atoms with Crippen LogP contribution in [0, 0.1) is 10.1 Å². The van der Waals surface area contributed by atoms with Crippen LogP contribution in [0.2, 0.25) is 0 Å². The molecule has 1 fully saturated rings. The predicted octanol–water partition coefficient (Wildman–Crippen LogP) is 2.76. The number of rotatable bonds is 7. The zero-order valence-electron chi connectivity index (χ0n) is 12.2. The van der Waals surface area contributed by atoms with Crippen molar-refractivity contribution in [2.45, 2.75) is 38.7 Å². The predicted molar refractivity (Wildman–Crippen MR) is 78.8 cm³/mol. The third-order valence-electron chi connectivity index (χ3n) is 3.24. The standard InChI is InChI=1S/C14H21N3O4/c1-2-6-15-13-8-11(17(18)19)9-14(16-13)21-10-12-5-3-4-7-20-12/h8-9,12H,2-7,10H2,1H3,(H,15,16). The van der Waals surface area contributed by atoms with Crippen molar-refractivity contribution in [1.29, 1.82) is 0 Å². The number of pyridine rings is 1. The number of aromatic nitrogens is 1. The van der Waals surface area contributed by atoms with E-state index in [0.717, 1.165) is 32.3 Å². The second-order valence-corrected chi connectivity index (χ2v) is 5.03. The molecule has 7 nitrogen and oxygen atoms in total. The fraction of sp³-hybridized carbons (Fsp3) is 0.643. The molecule has 0 aliphatic carbocycles. The average molecular weight is 295 g/mol. The zero-order valence-corrected chi connectivity index (χ0v) is 12.2. The molecular formula is C14H21N3O4. The fourth-order valence-electron chi connectivity index (χ4n) is 2.13. The summed E-state index contributed by atoms with van der Waals surface area (Å²) >= 11 is 0. The minimum Gasteiger partial charge on any atom is -0.475 e. The lowest BCUT2D eigenvalue weighted by Gasteiger charge is -2.22. The Hall–Kier alpha value is -1.89. The fourth-order valence-corrected chi connectivity index (χ4v) is 2.13. The van der Waals surface area contributed by atoms with Gasteiger partial charge in [-0.15, -0.1) is 0 Å². The van der Waals surface area contributed by atoms with Gasteiger partial charge in [-0.25, -0.2) is 0 Å². The van der Waals surface area contributed by atoms with Crippen LogP contribution in [0.1, 0.15) is 32.6 Å². The van der Waals surface area contributed by atoms with Crippen molar-refractivity contribution in [3.8, 4) is 5.88 Å². The first-order chi connectivity index (χ1) is 10.2. The Kier molecular flexibility index (Phi) is 5.74. The average Bonchev–Trinajstić information content (AvgIpc) is 2.51. The molecule has 2 heterocycles. The third kappa shape index (κ3) is 4.86. The van der Waals surface area contributed by atoms with Crippen LogP contribution in [0.25, 0.3) is 0 Å². The summed E-state index contributed by atoms with van der Waals surface area (Å²) in [6.07, 6.45) is 4.12. The maximum absolute atomic E-state index is 11.0. The van der Waals surface area contributed by atoms with Gasteiger partial charge in [-0.2, -0.15) is 4.98 Å². The number of hydrogen-bond donors (Lipinski definition) is 1. The topological polar surface area (TPSA) is 86.5 Å². The van der Waals surface area contributed by atoms with Gasteiger partial charge < -0.3 is 14.8 Å². The van der Waals surface area contributed by atoms with Gasteiger partial charge in [-0.3, -0.25) is 10.1 Å². The second kappa shape index (κ2) is 7.78. The Morgan fingerprint density at radius 3 is 3.05 bits per heavy atom. The molecule has 1 aromatic rings. The molecule has 1 N–H and O–H groups in total. The van der Waals surface area contributed by atoms with Gasteiger partial charge in [-0.1, -0.05) is 6.92 Å². The van der Waals surface area contributed by atoms with E-state index in [4.69, 9.17) is 9.47 Å². The van der Waals surface area contributed by atoms with Crippen LogP contribution >= 0.6 is 0 Å². The van der Waals surface area contributed by atoms with Crippen molar-refractivity contribution < 1.29 is 14.4 Å². The Balaban J connectivity index is 2.02. The second-order valence-electron chi connectivity index (χ2n) is 5.03. The van der Waals surface area contributed by atoms with Crippen molar-refractivity contribution in [1.82, 2.24) is 4.98 Å². The number of nitrogens with zero attached hydrogens (tertiary/aromatic N) is 2. The smallest absolute Gasteiger partial charge is 0.278 e. The lowest BCUT2D eigenvalue weighted by Crippen LogP contribution is -2.26. The largest absolute Gasteiger partial charge is 0.475 e. The molecule has 0 saturated carbocycles. The molecule has 1 saturated heterocycles. The van der Waals surface area contributed by atoms with E-state index in [9.17, 15) is 10.1 Å². The van der Waals surface area contributed by atoms with Crippen LogP contribution in [0.15, 0.2) is 12.1 Å². The summed E-state index contributed by atoms with van der Waals surface area (Å²) in [4.78, 5) is 14.8. The lowest BCUT2D eigenvalue weighted by atomic mass is 10.1. The van der Waals surface area contributed by atoms with E-state index in [2.05, 4.69) is 10.3 Å². The summed E-state index contributed by atoms with van der Waals surface area (Å²) in [5.74, 6) is 0.725. The zero-order chi connectivity index (χ0) is 15.1. The van der Waals surface area contributed by atoms with E-state index in [1.807, 2.05) is 6.92 Å². The van der Waals surface area contributed by atoms with Gasteiger partial charge in [0.15, 0.2) is 0 Å². The van der Waals surface area contributed by atoms with Crippen molar-refractivity contribution in [2.24, 2.45) is 0 Å². The quantitative estimate of drug-likeness (QED) is 0.615. The molecule has 0 bridgehead atoms. The van der Waals surface area contributed by atoms with Crippen molar-refractivity contribution in [3.05, 3.63) is 22.2 Å². The van der Waals surface area contributed by atoms with Gasteiger partial charge >= 0.3 is 0 Å². The summed E-state index contributed by atoms with van der Waals surface area (Å²) in [7, 11) is 0. The summed E-state index contributed by atoms with van der Waals surface area (Å²) in [6.45, 7) is 3.85. The SMILES string of the molecule is CCCNc1cc([N+](=O)[O-])cc(OCC2CCCCO2)n1. The summed E-state index contributed by atoms with van der Waals surface area (Å²) in [5, 5.41) is 14.0. The van der Waals surface area contributed by atoms with Gasteiger partial charge in [0.25, 0.3) is 5.69 Å². The van der Waals surface area contributed by atoms with Crippen LogP contribution in [-0.4, -0.2) is 35.8 Å². The Labute approximate surface area is 123 Å². The third-order valence-corrected chi connectivity index (χ3v) is 3.24. The molecule has 0 aromatic carbocycles. The Bertz CT molecular complexity index is 475. The molecule has 1 aromatic heterocycles. The van der Waals surface area contributed by atoms with E-state index < -0.39 is 4.92 Å². The summed E-state index contributed by atoms with van der Waals surface area (Å²) in [6, 6.07) is 2.76. The van der Waals surface area contributed by atoms with Crippen LogP contribution in [0.4, 0.5) is 11.5 Å². The summed E-state index contributed by atoms with van der Waals surface area (Å²) in [5.41, 5.74) is -0.0248. The van der Waals surface area contributed by atoms with Crippen molar-refractivity contribution in [3.63, 3.8) is 0 Å². The van der Waals surface area contributed by atoms with E-state index >= 15 is 0 Å². The number of nitro groups is 1. The molecule has 0 radical (unpaired) electrons. The van der Waals surface area contributed by atoms with Gasteiger partial charge in [-0.05, 0) is 25.7 Å². The van der Waals surface area contributed by atoms with Gasteiger partial charge in [0.1, 0.15) is 12.4 Å². The van der Waals surface area contributed by atoms with E-state index in [1.165, 1.54) is 12.1 Å². The maximum atomic E-state index is 11.0. The molecule has 21 heavy (non-hydrogen) atoms. The number of anilines is 1. The van der Waals surface area contributed by atoms with Gasteiger partial charge in [0, 0.05) is 13.2 Å². The highest BCUT2D eigenvalue weighted by molar-refractivity contribution is 5.48. The number of nitrogens with one attached hydrogen (secondary N) is 1. The molecule has 0 amide bonds. The molecule has 2 rings (SSSR count). The van der Waals surface area contributed by atoms with Crippen LogP contribution < -0.4 is 10.1 Å². The van der Waals surface area contributed by atoms with Crippen LogP contribution in [0.3, 0.4) is 0 Å². The highest BCUT2D eigenvalue weighted by atomic mass is 16.6. The van der Waals surface area contributed by atoms with E-state index in [0.29, 0.717) is 19.0 Å². The minimum absolute atomic E-state index is 0.0248. The molecular weight excluding hydrogens is 274 g/mol. The van der Waals surface area contributed by atoms with Crippen molar-refractivity contribution in [2.75, 3.05) is 25.1 Å². The number of ether oxygens (including phenoxy) is 2. The van der Waals surface area contributed by atoms with Gasteiger partial charge in [0.05, 0.1) is 23.2 Å². The first-order valence-corrected chi connectivity index (χ1v) is 7.34. The molecule has 0 spiro atoms. The Morgan fingerprint density at radius 1 is 1.52 bits per heavy atom. The van der Waals surface area contributed by atoms with E-state index in [1.54, 1.807) is 0 Å². The highest BCUT2D eigenvalue weighted by Gasteiger charge is 2.17. The van der Waals surface area contributed by atoms with Crippen LogP contribution in [-0.2, 0) is 4.74 Å². The van der Waals surface area contributed by atoms with Crippen molar-refractivity contribution >= 4 is 11.5 Å². The van der Waals surface area contributed by atoms with Gasteiger partial charge in [0.2, 0.25) is 5.88 Å². The van der Waals surface area contributed by atoms with Crippen LogP contribution in [0.5, 0.6) is 5.88 Å². The molecule has 1 aliphatic rings. The maximum Gasteiger partial charge on any atom is 0.278 e. The molecule has 1 unspecified atom stereocenters.